The lowest BCUT2D eigenvalue weighted by atomic mass is 9.86. The van der Waals surface area contributed by atoms with Crippen molar-refractivity contribution >= 4 is 37.5 Å². The standard InChI is InChI=1S/C24H15BrN2/c25-22-10-9-17(15-27-22)24-20-7-3-1-5-18(20)23(16-11-13-26-14-12-16)19-6-2-4-8-21(19)24/h1-15H. The van der Waals surface area contributed by atoms with E-state index >= 15 is 0 Å². The molecule has 0 N–H and O–H groups in total. The van der Waals surface area contributed by atoms with Gasteiger partial charge in [-0.3, -0.25) is 4.98 Å². The van der Waals surface area contributed by atoms with E-state index in [1.165, 1.54) is 38.2 Å². The van der Waals surface area contributed by atoms with Crippen molar-refractivity contribution in [3.8, 4) is 22.3 Å². The second kappa shape index (κ2) is 6.60. The molecular weight excluding hydrogens is 396 g/mol. The van der Waals surface area contributed by atoms with Crippen molar-refractivity contribution < 1.29 is 0 Å². The third kappa shape index (κ3) is 2.71. The van der Waals surface area contributed by atoms with Crippen LogP contribution in [0.15, 0.2) is 96.0 Å². The first-order valence-electron chi connectivity index (χ1n) is 8.79. The smallest absolute Gasteiger partial charge is 0.106 e. The monoisotopic (exact) mass is 410 g/mol. The Morgan fingerprint density at radius 2 is 1.07 bits per heavy atom. The van der Waals surface area contributed by atoms with Gasteiger partial charge in [0.15, 0.2) is 0 Å². The molecule has 2 heterocycles. The SMILES string of the molecule is Brc1ccc(-c2c3ccccc3c(-c3ccncc3)c3ccccc23)cn1. The summed E-state index contributed by atoms with van der Waals surface area (Å²) in [5.41, 5.74) is 4.76. The third-order valence-corrected chi connectivity index (χ3v) is 5.39. The lowest BCUT2D eigenvalue weighted by molar-refractivity contribution is 1.28. The highest BCUT2D eigenvalue weighted by atomic mass is 79.9. The number of rotatable bonds is 2. The molecule has 0 fully saturated rings. The molecule has 128 valence electrons. The summed E-state index contributed by atoms with van der Waals surface area (Å²) in [5, 5.41) is 4.93. The molecule has 0 aliphatic carbocycles. The van der Waals surface area contributed by atoms with Crippen molar-refractivity contribution in [1.82, 2.24) is 9.97 Å². The molecule has 0 saturated carbocycles. The molecule has 5 aromatic rings. The Morgan fingerprint density at radius 3 is 1.56 bits per heavy atom. The molecule has 3 aromatic carbocycles. The van der Waals surface area contributed by atoms with Gasteiger partial charge in [-0.15, -0.1) is 0 Å². The summed E-state index contributed by atoms with van der Waals surface area (Å²) in [6, 6.07) is 25.5. The predicted molar refractivity (Wildman–Crippen MR) is 116 cm³/mol. The zero-order valence-corrected chi connectivity index (χ0v) is 16.0. The minimum Gasteiger partial charge on any atom is -0.265 e. The van der Waals surface area contributed by atoms with Gasteiger partial charge < -0.3 is 0 Å². The van der Waals surface area contributed by atoms with Crippen LogP contribution in [0.4, 0.5) is 0 Å². The van der Waals surface area contributed by atoms with E-state index in [0.29, 0.717) is 0 Å². The van der Waals surface area contributed by atoms with Crippen LogP contribution in [0.1, 0.15) is 0 Å². The number of halogens is 1. The van der Waals surface area contributed by atoms with E-state index in [0.717, 1.165) is 10.2 Å². The molecule has 0 radical (unpaired) electrons. The summed E-state index contributed by atoms with van der Waals surface area (Å²) in [5.74, 6) is 0. The molecule has 0 spiro atoms. The minimum absolute atomic E-state index is 0.841. The second-order valence-electron chi connectivity index (χ2n) is 6.45. The maximum atomic E-state index is 4.46. The molecule has 0 aliphatic heterocycles. The molecule has 3 heteroatoms. The van der Waals surface area contributed by atoms with E-state index in [1.54, 1.807) is 0 Å². The van der Waals surface area contributed by atoms with Crippen molar-refractivity contribution in [3.05, 3.63) is 96.0 Å². The van der Waals surface area contributed by atoms with E-state index in [2.05, 4.69) is 92.6 Å². The topological polar surface area (TPSA) is 25.8 Å². The van der Waals surface area contributed by atoms with Gasteiger partial charge in [0.2, 0.25) is 0 Å². The zero-order chi connectivity index (χ0) is 18.2. The highest BCUT2D eigenvalue weighted by Gasteiger charge is 2.16. The van der Waals surface area contributed by atoms with Gasteiger partial charge in [-0.05, 0) is 72.4 Å². The van der Waals surface area contributed by atoms with Crippen molar-refractivity contribution in [3.63, 3.8) is 0 Å². The van der Waals surface area contributed by atoms with E-state index in [9.17, 15) is 0 Å². The zero-order valence-electron chi connectivity index (χ0n) is 14.4. The fraction of sp³-hybridized carbons (Fsp3) is 0. The van der Waals surface area contributed by atoms with E-state index < -0.39 is 0 Å². The molecular formula is C24H15BrN2. The van der Waals surface area contributed by atoms with Crippen LogP contribution >= 0.6 is 15.9 Å². The van der Waals surface area contributed by atoms with Crippen LogP contribution in [0.2, 0.25) is 0 Å². The number of fused-ring (bicyclic) bond motifs is 2. The Morgan fingerprint density at radius 1 is 0.556 bits per heavy atom. The number of benzene rings is 3. The van der Waals surface area contributed by atoms with Crippen LogP contribution < -0.4 is 0 Å². The number of aromatic nitrogens is 2. The predicted octanol–water partition coefficient (Wildman–Crippen LogP) is 6.88. The first-order chi connectivity index (χ1) is 13.3. The number of hydrogen-bond donors (Lipinski definition) is 0. The molecule has 0 saturated heterocycles. The molecule has 27 heavy (non-hydrogen) atoms. The first kappa shape index (κ1) is 16.2. The van der Waals surface area contributed by atoms with E-state index in [1.807, 2.05) is 24.7 Å². The van der Waals surface area contributed by atoms with Gasteiger partial charge in [-0.2, -0.15) is 0 Å². The second-order valence-corrected chi connectivity index (χ2v) is 7.26. The summed E-state index contributed by atoms with van der Waals surface area (Å²) in [6.45, 7) is 0. The fourth-order valence-corrected chi connectivity index (χ4v) is 4.03. The van der Waals surface area contributed by atoms with Gasteiger partial charge in [0, 0.05) is 24.2 Å². The summed E-state index contributed by atoms with van der Waals surface area (Å²) >= 11 is 3.44. The van der Waals surface area contributed by atoms with Gasteiger partial charge in [0.05, 0.1) is 0 Å². The maximum Gasteiger partial charge on any atom is 0.106 e. The van der Waals surface area contributed by atoms with Crippen molar-refractivity contribution in [2.75, 3.05) is 0 Å². The molecule has 2 nitrogen and oxygen atoms in total. The molecule has 2 aromatic heterocycles. The molecule has 0 aliphatic rings. The maximum absolute atomic E-state index is 4.46. The Kier molecular flexibility index (Phi) is 3.95. The quantitative estimate of drug-likeness (QED) is 0.234. The lowest BCUT2D eigenvalue weighted by Gasteiger charge is -2.17. The third-order valence-electron chi connectivity index (χ3n) is 4.92. The Hall–Kier alpha value is -3.04. The summed E-state index contributed by atoms with van der Waals surface area (Å²) in [7, 11) is 0. The minimum atomic E-state index is 0.841. The van der Waals surface area contributed by atoms with Gasteiger partial charge in [0.1, 0.15) is 4.60 Å². The van der Waals surface area contributed by atoms with Crippen LogP contribution in [0, 0.1) is 0 Å². The average molecular weight is 411 g/mol. The van der Waals surface area contributed by atoms with Crippen molar-refractivity contribution in [1.29, 1.82) is 0 Å². The lowest BCUT2D eigenvalue weighted by Crippen LogP contribution is -1.91. The first-order valence-corrected chi connectivity index (χ1v) is 9.58. The normalized spacial score (nSPS) is 11.1. The van der Waals surface area contributed by atoms with Crippen LogP contribution in [0.25, 0.3) is 43.8 Å². The van der Waals surface area contributed by atoms with Gasteiger partial charge in [-0.1, -0.05) is 54.6 Å². The molecule has 0 bridgehead atoms. The van der Waals surface area contributed by atoms with Crippen LogP contribution in [-0.4, -0.2) is 9.97 Å². The van der Waals surface area contributed by atoms with E-state index in [4.69, 9.17) is 0 Å². The Balaban J connectivity index is 1.99. The number of hydrogen-bond acceptors (Lipinski definition) is 2. The summed E-state index contributed by atoms with van der Waals surface area (Å²) < 4.78 is 0.841. The van der Waals surface area contributed by atoms with Crippen LogP contribution in [-0.2, 0) is 0 Å². The van der Waals surface area contributed by atoms with Gasteiger partial charge in [0.25, 0.3) is 0 Å². The average Bonchev–Trinajstić information content (AvgIpc) is 2.73. The van der Waals surface area contributed by atoms with Gasteiger partial charge in [-0.25, -0.2) is 4.98 Å². The molecule has 5 rings (SSSR count). The van der Waals surface area contributed by atoms with Crippen LogP contribution in [0.3, 0.4) is 0 Å². The summed E-state index contributed by atoms with van der Waals surface area (Å²) in [4.78, 5) is 8.65. The van der Waals surface area contributed by atoms with Crippen LogP contribution in [0.5, 0.6) is 0 Å². The number of nitrogens with zero attached hydrogens (tertiary/aromatic N) is 2. The van der Waals surface area contributed by atoms with E-state index in [-0.39, 0.29) is 0 Å². The Bertz CT molecular complexity index is 1210. The molecule has 0 atom stereocenters. The summed E-state index contributed by atoms with van der Waals surface area (Å²) in [6.07, 6.45) is 5.64. The van der Waals surface area contributed by atoms with Crippen molar-refractivity contribution in [2.45, 2.75) is 0 Å². The molecule has 0 amide bonds. The fourth-order valence-electron chi connectivity index (χ4n) is 3.79. The Labute approximate surface area is 165 Å². The highest BCUT2D eigenvalue weighted by molar-refractivity contribution is 9.10. The highest BCUT2D eigenvalue weighted by Crippen LogP contribution is 2.43. The molecule has 0 unspecified atom stereocenters. The van der Waals surface area contributed by atoms with Crippen molar-refractivity contribution in [2.24, 2.45) is 0 Å². The largest absolute Gasteiger partial charge is 0.265 e. The van der Waals surface area contributed by atoms with Gasteiger partial charge >= 0.3 is 0 Å². The number of pyridine rings is 2.